The molecule has 10 heteroatoms. The first-order valence-electron chi connectivity index (χ1n) is 10.5. The van der Waals surface area contributed by atoms with Crippen LogP contribution in [0, 0.1) is 0 Å². The van der Waals surface area contributed by atoms with Gasteiger partial charge in [-0.25, -0.2) is 4.68 Å². The van der Waals surface area contributed by atoms with E-state index in [1.54, 1.807) is 0 Å². The maximum atomic E-state index is 13.9. The molecule has 3 heterocycles. The Morgan fingerprint density at radius 1 is 0.935 bits per heavy atom. The number of rotatable bonds is 5. The Morgan fingerprint density at radius 3 is 2.10 bits per heavy atom. The number of carbonyl (C=O) groups is 1. The molecule has 0 radical (unpaired) electrons. The third-order valence-electron chi connectivity index (χ3n) is 5.93. The van der Waals surface area contributed by atoms with Crippen LogP contribution in [0.2, 0.25) is 5.02 Å². The molecule has 0 bridgehead atoms. The second-order valence-corrected chi connectivity index (χ2v) is 8.41. The van der Waals surface area contributed by atoms with E-state index in [-0.39, 0.29) is 5.69 Å². The number of halogens is 4. The minimum atomic E-state index is -4.72. The molecule has 0 saturated carbocycles. The summed E-state index contributed by atoms with van der Waals surface area (Å²) in [6.07, 6.45) is -1.22. The molecule has 1 aromatic heterocycles. The van der Waals surface area contributed by atoms with Gasteiger partial charge < -0.3 is 9.80 Å². The Labute approximate surface area is 184 Å². The first-order chi connectivity index (χ1) is 14.8. The highest BCUT2D eigenvalue weighted by molar-refractivity contribution is 6.30. The first-order valence-corrected chi connectivity index (χ1v) is 10.9. The van der Waals surface area contributed by atoms with Crippen LogP contribution in [0.5, 0.6) is 0 Å². The quantitative estimate of drug-likeness (QED) is 0.693. The molecule has 1 amide bonds. The number of benzene rings is 1. The molecule has 2 fully saturated rings. The second-order valence-electron chi connectivity index (χ2n) is 7.98. The second kappa shape index (κ2) is 9.18. The van der Waals surface area contributed by atoms with Crippen LogP contribution in [0.15, 0.2) is 30.5 Å². The summed E-state index contributed by atoms with van der Waals surface area (Å²) in [5.41, 5.74) is -1.29. The zero-order valence-corrected chi connectivity index (χ0v) is 17.9. The summed E-state index contributed by atoms with van der Waals surface area (Å²) in [7, 11) is 0. The van der Waals surface area contributed by atoms with Crippen LogP contribution in [0.25, 0.3) is 5.69 Å². The summed E-state index contributed by atoms with van der Waals surface area (Å²) in [6, 6.07) is 5.86. The van der Waals surface area contributed by atoms with Crippen molar-refractivity contribution in [2.75, 3.05) is 52.4 Å². The van der Waals surface area contributed by atoms with E-state index in [0.717, 1.165) is 37.1 Å². The molecule has 0 atom stereocenters. The van der Waals surface area contributed by atoms with Crippen LogP contribution in [0.3, 0.4) is 0 Å². The van der Waals surface area contributed by atoms with Gasteiger partial charge in [0.15, 0.2) is 5.69 Å². The molecule has 0 unspecified atom stereocenters. The van der Waals surface area contributed by atoms with Crippen molar-refractivity contribution in [3.05, 3.63) is 46.7 Å². The summed E-state index contributed by atoms with van der Waals surface area (Å²) in [5, 5.41) is 4.28. The number of aromatic nitrogens is 2. The number of hydrogen-bond donors (Lipinski definition) is 0. The highest BCUT2D eigenvalue weighted by Crippen LogP contribution is 2.34. The Balaban J connectivity index is 1.45. The van der Waals surface area contributed by atoms with Crippen LogP contribution >= 0.6 is 11.6 Å². The number of carbonyl (C=O) groups excluding carboxylic acids is 1. The van der Waals surface area contributed by atoms with Gasteiger partial charge in [0.2, 0.25) is 0 Å². The highest BCUT2D eigenvalue weighted by Gasteiger charge is 2.41. The summed E-state index contributed by atoms with van der Waals surface area (Å²) >= 11 is 5.84. The lowest BCUT2D eigenvalue weighted by Crippen LogP contribution is -2.50. The van der Waals surface area contributed by atoms with Gasteiger partial charge in [0, 0.05) is 44.3 Å². The monoisotopic (exact) mass is 455 g/mol. The van der Waals surface area contributed by atoms with Crippen LogP contribution in [0.4, 0.5) is 13.2 Å². The number of likely N-dealkylation sites (tertiary alicyclic amines) is 1. The van der Waals surface area contributed by atoms with E-state index in [1.165, 1.54) is 42.0 Å². The predicted octanol–water partition coefficient (Wildman–Crippen LogP) is 3.40. The third kappa shape index (κ3) is 5.05. The third-order valence-corrected chi connectivity index (χ3v) is 6.18. The summed E-state index contributed by atoms with van der Waals surface area (Å²) in [5.74, 6) is -0.633. The largest absolute Gasteiger partial charge is 0.434 e. The SMILES string of the molecule is O=C(c1cnn(-c2ccc(Cl)cc2)c1C(F)(F)F)N1CCN(CCN2CCCC2)CC1. The molecular formula is C21H25ClF3N5O. The molecule has 2 aromatic rings. The van der Waals surface area contributed by atoms with Crippen LogP contribution in [-0.2, 0) is 6.18 Å². The summed E-state index contributed by atoms with van der Waals surface area (Å²) in [6.45, 7) is 6.32. The van der Waals surface area contributed by atoms with E-state index in [4.69, 9.17) is 11.6 Å². The normalized spacial score (nSPS) is 18.6. The maximum Gasteiger partial charge on any atom is 0.434 e. The molecular weight excluding hydrogens is 431 g/mol. The van der Waals surface area contributed by atoms with Gasteiger partial charge in [-0.05, 0) is 50.2 Å². The van der Waals surface area contributed by atoms with Gasteiger partial charge in [0.05, 0.1) is 17.4 Å². The number of alkyl halides is 3. The molecule has 31 heavy (non-hydrogen) atoms. The maximum absolute atomic E-state index is 13.9. The Kier molecular flexibility index (Phi) is 6.55. The Bertz CT molecular complexity index is 901. The van der Waals surface area contributed by atoms with E-state index in [0.29, 0.717) is 31.2 Å². The van der Waals surface area contributed by atoms with Crippen molar-refractivity contribution >= 4 is 17.5 Å². The van der Waals surface area contributed by atoms with E-state index < -0.39 is 23.3 Å². The molecule has 4 rings (SSSR count). The molecule has 168 valence electrons. The lowest BCUT2D eigenvalue weighted by atomic mass is 10.2. The minimum Gasteiger partial charge on any atom is -0.336 e. The van der Waals surface area contributed by atoms with Crippen molar-refractivity contribution in [1.82, 2.24) is 24.5 Å². The average molecular weight is 456 g/mol. The van der Waals surface area contributed by atoms with Crippen molar-refractivity contribution < 1.29 is 18.0 Å². The molecule has 0 aliphatic carbocycles. The number of piperazine rings is 1. The molecule has 0 N–H and O–H groups in total. The molecule has 6 nitrogen and oxygen atoms in total. The van der Waals surface area contributed by atoms with Gasteiger partial charge >= 0.3 is 6.18 Å². The smallest absolute Gasteiger partial charge is 0.336 e. The fraction of sp³-hybridized carbons (Fsp3) is 0.524. The van der Waals surface area contributed by atoms with Crippen molar-refractivity contribution in [2.24, 2.45) is 0 Å². The summed E-state index contributed by atoms with van der Waals surface area (Å²) < 4.78 is 42.4. The van der Waals surface area contributed by atoms with Crippen molar-refractivity contribution in [3.8, 4) is 5.69 Å². The predicted molar refractivity (Wildman–Crippen MR) is 112 cm³/mol. The van der Waals surface area contributed by atoms with Crippen LogP contribution in [0.1, 0.15) is 28.9 Å². The molecule has 2 saturated heterocycles. The van der Waals surface area contributed by atoms with E-state index in [9.17, 15) is 18.0 Å². The van der Waals surface area contributed by atoms with E-state index >= 15 is 0 Å². The standard InChI is InChI=1S/C21H25ClF3N5O/c22-16-3-5-17(6-4-16)30-19(21(23,24)25)18(15-26-30)20(31)29-13-11-28(12-14-29)10-9-27-7-1-2-8-27/h3-6,15H,1-2,7-14H2. The number of nitrogens with zero attached hydrogens (tertiary/aromatic N) is 5. The average Bonchev–Trinajstić information content (AvgIpc) is 3.42. The Morgan fingerprint density at radius 2 is 1.52 bits per heavy atom. The molecule has 2 aliphatic heterocycles. The number of amides is 1. The topological polar surface area (TPSA) is 44.6 Å². The van der Waals surface area contributed by atoms with E-state index in [2.05, 4.69) is 14.9 Å². The lowest BCUT2D eigenvalue weighted by Gasteiger charge is -2.35. The van der Waals surface area contributed by atoms with Crippen molar-refractivity contribution in [3.63, 3.8) is 0 Å². The van der Waals surface area contributed by atoms with Gasteiger partial charge in [-0.3, -0.25) is 9.69 Å². The van der Waals surface area contributed by atoms with Gasteiger partial charge in [-0.1, -0.05) is 11.6 Å². The lowest BCUT2D eigenvalue weighted by molar-refractivity contribution is -0.143. The first kappa shape index (κ1) is 22.1. The fourth-order valence-electron chi connectivity index (χ4n) is 4.19. The van der Waals surface area contributed by atoms with E-state index in [1.807, 2.05) is 0 Å². The van der Waals surface area contributed by atoms with Gasteiger partial charge in [0.25, 0.3) is 5.91 Å². The van der Waals surface area contributed by atoms with Crippen LogP contribution < -0.4 is 0 Å². The Hall–Kier alpha value is -2.10. The fourth-order valence-corrected chi connectivity index (χ4v) is 4.32. The van der Waals surface area contributed by atoms with Gasteiger partial charge in [0.1, 0.15) is 0 Å². The van der Waals surface area contributed by atoms with Crippen LogP contribution in [-0.4, -0.2) is 82.7 Å². The molecule has 2 aliphatic rings. The van der Waals surface area contributed by atoms with Crippen molar-refractivity contribution in [2.45, 2.75) is 19.0 Å². The zero-order chi connectivity index (χ0) is 22.0. The zero-order valence-electron chi connectivity index (χ0n) is 17.1. The van der Waals surface area contributed by atoms with Gasteiger partial charge in [-0.15, -0.1) is 0 Å². The molecule has 1 aromatic carbocycles. The van der Waals surface area contributed by atoms with Crippen molar-refractivity contribution in [1.29, 1.82) is 0 Å². The highest BCUT2D eigenvalue weighted by atomic mass is 35.5. The van der Waals surface area contributed by atoms with Gasteiger partial charge in [-0.2, -0.15) is 18.3 Å². The summed E-state index contributed by atoms with van der Waals surface area (Å²) in [4.78, 5) is 19.2. The minimum absolute atomic E-state index is 0.197. The number of hydrogen-bond acceptors (Lipinski definition) is 4. The molecule has 0 spiro atoms.